The predicted octanol–water partition coefficient (Wildman–Crippen LogP) is 2.64. The number of halogens is 1. The molecule has 0 unspecified atom stereocenters. The van der Waals surface area contributed by atoms with Crippen molar-refractivity contribution in [1.82, 2.24) is 0 Å². The number of carbonyl (C=O) groups is 1. The third-order valence-electron chi connectivity index (χ3n) is 1.63. The Morgan fingerprint density at radius 3 is 2.69 bits per heavy atom. The Kier molecular flexibility index (Phi) is 7.26. The predicted molar refractivity (Wildman–Crippen MR) is 50.2 cm³/mol. The van der Waals surface area contributed by atoms with Crippen molar-refractivity contribution in [2.24, 2.45) is 0 Å². The molecular formula is C10H17FO2. The average molecular weight is 188 g/mol. The number of hydrogen-bond donors (Lipinski definition) is 0. The molecule has 3 heteroatoms. The quantitative estimate of drug-likeness (QED) is 0.349. The molecule has 0 aliphatic rings. The van der Waals surface area contributed by atoms with Gasteiger partial charge in [-0.1, -0.05) is 19.9 Å². The fourth-order valence-corrected chi connectivity index (χ4v) is 0.814. The van der Waals surface area contributed by atoms with Crippen LogP contribution in [0.15, 0.2) is 12.2 Å². The maximum absolute atomic E-state index is 11.6. The van der Waals surface area contributed by atoms with Gasteiger partial charge in [0.05, 0.1) is 13.3 Å². The van der Waals surface area contributed by atoms with E-state index in [1.54, 1.807) is 0 Å². The van der Waals surface area contributed by atoms with Crippen molar-refractivity contribution < 1.29 is 13.9 Å². The van der Waals surface area contributed by atoms with Crippen molar-refractivity contribution in [3.05, 3.63) is 12.2 Å². The first-order valence-corrected chi connectivity index (χ1v) is 4.63. The molecule has 0 aromatic carbocycles. The molecule has 0 saturated carbocycles. The highest BCUT2D eigenvalue weighted by molar-refractivity contribution is 5.87. The fraction of sp³-hybridized carbons (Fsp3) is 0.700. The zero-order valence-electron chi connectivity index (χ0n) is 8.14. The zero-order chi connectivity index (χ0) is 10.1. The summed E-state index contributed by atoms with van der Waals surface area (Å²) in [5.41, 5.74) is 0.487. The van der Waals surface area contributed by atoms with E-state index >= 15 is 0 Å². The average Bonchev–Trinajstić information content (AvgIpc) is 2.14. The normalized spacial score (nSPS) is 9.69. The highest BCUT2D eigenvalue weighted by Crippen LogP contribution is 2.06. The lowest BCUT2D eigenvalue weighted by Crippen LogP contribution is -2.08. The van der Waals surface area contributed by atoms with Crippen molar-refractivity contribution >= 4 is 5.97 Å². The summed E-state index contributed by atoms with van der Waals surface area (Å²) in [7, 11) is 0. The maximum atomic E-state index is 11.6. The van der Waals surface area contributed by atoms with Crippen LogP contribution in [0.3, 0.4) is 0 Å². The van der Waals surface area contributed by atoms with E-state index in [9.17, 15) is 9.18 Å². The van der Waals surface area contributed by atoms with Crippen molar-refractivity contribution in [2.45, 2.75) is 32.6 Å². The number of carbonyl (C=O) groups excluding carboxylic acids is 1. The third-order valence-corrected chi connectivity index (χ3v) is 1.63. The molecule has 0 fully saturated rings. The number of alkyl halides is 1. The minimum Gasteiger partial charge on any atom is -0.462 e. The fourth-order valence-electron chi connectivity index (χ4n) is 0.814. The van der Waals surface area contributed by atoms with Gasteiger partial charge in [-0.05, 0) is 12.8 Å². The zero-order valence-corrected chi connectivity index (χ0v) is 8.14. The number of ether oxygens (including phenoxy) is 1. The molecule has 13 heavy (non-hydrogen) atoms. The van der Waals surface area contributed by atoms with Gasteiger partial charge in [-0.15, -0.1) is 0 Å². The van der Waals surface area contributed by atoms with Gasteiger partial charge in [-0.3, -0.25) is 4.39 Å². The van der Waals surface area contributed by atoms with Crippen LogP contribution in [0.5, 0.6) is 0 Å². The van der Waals surface area contributed by atoms with Crippen LogP contribution in [0, 0.1) is 0 Å². The van der Waals surface area contributed by atoms with E-state index in [0.717, 1.165) is 12.8 Å². The molecule has 76 valence electrons. The molecule has 0 rings (SSSR count). The van der Waals surface area contributed by atoms with Crippen LogP contribution < -0.4 is 0 Å². The molecule has 2 nitrogen and oxygen atoms in total. The standard InChI is InChI=1S/C10H17FO2/c1-3-4-6-9(2)10(12)13-8-5-7-11/h2-8H2,1H3. The summed E-state index contributed by atoms with van der Waals surface area (Å²) in [5, 5.41) is 0. The highest BCUT2D eigenvalue weighted by Gasteiger charge is 2.06. The molecule has 0 aliphatic carbocycles. The molecule has 0 spiro atoms. The van der Waals surface area contributed by atoms with Gasteiger partial charge in [0, 0.05) is 12.0 Å². The van der Waals surface area contributed by atoms with Crippen LogP contribution in [0.1, 0.15) is 32.6 Å². The molecule has 0 saturated heterocycles. The van der Waals surface area contributed by atoms with Gasteiger partial charge in [-0.25, -0.2) is 4.79 Å². The summed E-state index contributed by atoms with van der Waals surface area (Å²) in [5.74, 6) is -0.387. The minimum absolute atomic E-state index is 0.153. The summed E-state index contributed by atoms with van der Waals surface area (Å²) < 4.78 is 16.4. The van der Waals surface area contributed by atoms with Crippen LogP contribution in [-0.4, -0.2) is 19.3 Å². The Morgan fingerprint density at radius 1 is 1.46 bits per heavy atom. The topological polar surface area (TPSA) is 26.3 Å². The largest absolute Gasteiger partial charge is 0.462 e. The second-order valence-electron chi connectivity index (χ2n) is 2.89. The van der Waals surface area contributed by atoms with E-state index < -0.39 is 6.67 Å². The van der Waals surface area contributed by atoms with E-state index in [1.165, 1.54) is 0 Å². The van der Waals surface area contributed by atoms with Crippen LogP contribution in [0.4, 0.5) is 4.39 Å². The monoisotopic (exact) mass is 188 g/mol. The van der Waals surface area contributed by atoms with Gasteiger partial charge in [0.25, 0.3) is 0 Å². The Morgan fingerprint density at radius 2 is 2.15 bits per heavy atom. The first kappa shape index (κ1) is 12.1. The smallest absolute Gasteiger partial charge is 0.333 e. The van der Waals surface area contributed by atoms with Gasteiger partial charge < -0.3 is 4.74 Å². The number of unbranched alkanes of at least 4 members (excludes halogenated alkanes) is 1. The summed E-state index contributed by atoms with van der Waals surface area (Å²) in [6, 6.07) is 0. The van der Waals surface area contributed by atoms with Crippen LogP contribution in [-0.2, 0) is 9.53 Å². The summed E-state index contributed by atoms with van der Waals surface area (Å²) >= 11 is 0. The molecule has 0 atom stereocenters. The van der Waals surface area contributed by atoms with E-state index in [4.69, 9.17) is 4.74 Å². The molecule has 0 radical (unpaired) electrons. The van der Waals surface area contributed by atoms with Gasteiger partial charge in [-0.2, -0.15) is 0 Å². The molecule has 0 aromatic heterocycles. The van der Waals surface area contributed by atoms with E-state index in [0.29, 0.717) is 12.0 Å². The lowest BCUT2D eigenvalue weighted by atomic mass is 10.1. The van der Waals surface area contributed by atoms with E-state index in [2.05, 4.69) is 6.58 Å². The van der Waals surface area contributed by atoms with Gasteiger partial charge in [0.1, 0.15) is 0 Å². The molecule has 0 amide bonds. The molecule has 0 aliphatic heterocycles. The summed E-state index contributed by atoms with van der Waals surface area (Å²) in [4.78, 5) is 11.1. The lowest BCUT2D eigenvalue weighted by molar-refractivity contribution is -0.139. The number of rotatable bonds is 7. The Balaban J connectivity index is 3.51. The van der Waals surface area contributed by atoms with Crippen LogP contribution >= 0.6 is 0 Å². The third kappa shape index (κ3) is 6.31. The van der Waals surface area contributed by atoms with Gasteiger partial charge in [0.2, 0.25) is 0 Å². The first-order valence-electron chi connectivity index (χ1n) is 4.63. The molecule has 0 bridgehead atoms. The van der Waals surface area contributed by atoms with Crippen molar-refractivity contribution in [3.63, 3.8) is 0 Å². The van der Waals surface area contributed by atoms with Crippen LogP contribution in [0.25, 0.3) is 0 Å². The van der Waals surface area contributed by atoms with Crippen LogP contribution in [0.2, 0.25) is 0 Å². The number of hydrogen-bond acceptors (Lipinski definition) is 2. The van der Waals surface area contributed by atoms with E-state index in [-0.39, 0.29) is 19.0 Å². The molecule has 0 heterocycles. The van der Waals surface area contributed by atoms with Gasteiger partial charge in [0.15, 0.2) is 0 Å². The Bertz CT molecular complexity index is 166. The van der Waals surface area contributed by atoms with Crippen molar-refractivity contribution in [2.75, 3.05) is 13.3 Å². The maximum Gasteiger partial charge on any atom is 0.333 e. The van der Waals surface area contributed by atoms with Crippen molar-refractivity contribution in [3.8, 4) is 0 Å². The van der Waals surface area contributed by atoms with Gasteiger partial charge >= 0.3 is 5.97 Å². The van der Waals surface area contributed by atoms with Crippen molar-refractivity contribution in [1.29, 1.82) is 0 Å². The molecule has 0 N–H and O–H groups in total. The second-order valence-corrected chi connectivity index (χ2v) is 2.89. The Labute approximate surface area is 78.8 Å². The molecular weight excluding hydrogens is 171 g/mol. The SMILES string of the molecule is C=C(CCCC)C(=O)OCCCF. The lowest BCUT2D eigenvalue weighted by Gasteiger charge is -2.04. The molecule has 0 aromatic rings. The highest BCUT2D eigenvalue weighted by atomic mass is 19.1. The Hall–Kier alpha value is -0.860. The second kappa shape index (κ2) is 7.77. The first-order chi connectivity index (χ1) is 6.22. The number of esters is 1. The van der Waals surface area contributed by atoms with E-state index in [1.807, 2.05) is 6.92 Å². The summed E-state index contributed by atoms with van der Waals surface area (Å²) in [6.07, 6.45) is 2.91. The summed E-state index contributed by atoms with van der Waals surface area (Å²) in [6.45, 7) is 5.35. The minimum atomic E-state index is -0.450.